The van der Waals surface area contributed by atoms with Gasteiger partial charge in [-0.3, -0.25) is 14.5 Å². The summed E-state index contributed by atoms with van der Waals surface area (Å²) in [6.07, 6.45) is 0.398. The summed E-state index contributed by atoms with van der Waals surface area (Å²) in [5.74, 6) is -0.0947. The molecule has 0 N–H and O–H groups in total. The molecule has 2 aromatic rings. The van der Waals surface area contributed by atoms with Crippen molar-refractivity contribution in [2.75, 3.05) is 34.8 Å². The molecule has 174 valence electrons. The van der Waals surface area contributed by atoms with Gasteiger partial charge in [0.05, 0.1) is 27.7 Å². The highest BCUT2D eigenvalue weighted by atomic mass is 32.1. The van der Waals surface area contributed by atoms with Crippen LogP contribution in [0.2, 0.25) is 0 Å². The van der Waals surface area contributed by atoms with E-state index in [9.17, 15) is 9.59 Å². The number of carbonyl (C=O) groups is 2. The molecule has 0 spiro atoms. The van der Waals surface area contributed by atoms with Crippen molar-refractivity contribution in [1.29, 1.82) is 0 Å². The molecular formula is C24H34N4O3S. The van der Waals surface area contributed by atoms with E-state index in [0.29, 0.717) is 19.5 Å². The lowest BCUT2D eigenvalue weighted by molar-refractivity contribution is -0.145. The molecule has 1 aromatic heterocycles. The molecule has 0 bridgehead atoms. The van der Waals surface area contributed by atoms with Crippen LogP contribution in [-0.4, -0.2) is 84.5 Å². The van der Waals surface area contributed by atoms with Gasteiger partial charge in [0.1, 0.15) is 6.04 Å². The van der Waals surface area contributed by atoms with Gasteiger partial charge in [-0.15, -0.1) is 11.3 Å². The third-order valence-electron chi connectivity index (χ3n) is 6.21. The number of amides is 2. The summed E-state index contributed by atoms with van der Waals surface area (Å²) < 4.78 is 5.49. The Labute approximate surface area is 195 Å². The van der Waals surface area contributed by atoms with E-state index in [0.717, 1.165) is 21.8 Å². The van der Waals surface area contributed by atoms with Gasteiger partial charge in [-0.25, -0.2) is 4.98 Å². The molecule has 0 unspecified atom stereocenters. The van der Waals surface area contributed by atoms with Gasteiger partial charge in [0.25, 0.3) is 0 Å². The first kappa shape index (κ1) is 24.4. The van der Waals surface area contributed by atoms with E-state index in [1.54, 1.807) is 35.3 Å². The number of methoxy groups -OCH3 is 1. The molecule has 0 aliphatic carbocycles. The number of ether oxygens (including phenoxy) is 1. The second-order valence-corrected chi connectivity index (χ2v) is 9.98. The van der Waals surface area contributed by atoms with Crippen molar-refractivity contribution in [3.8, 4) is 10.4 Å². The van der Waals surface area contributed by atoms with Crippen molar-refractivity contribution in [3.05, 3.63) is 40.5 Å². The highest BCUT2D eigenvalue weighted by Crippen LogP contribution is 2.30. The van der Waals surface area contributed by atoms with Gasteiger partial charge in [0, 0.05) is 33.7 Å². The highest BCUT2D eigenvalue weighted by molar-refractivity contribution is 7.15. The Bertz CT molecular complexity index is 957. The third kappa shape index (κ3) is 5.19. The molecular weight excluding hydrogens is 424 g/mol. The van der Waals surface area contributed by atoms with E-state index in [1.165, 1.54) is 4.88 Å². The van der Waals surface area contributed by atoms with Crippen molar-refractivity contribution in [2.24, 2.45) is 0 Å². The summed E-state index contributed by atoms with van der Waals surface area (Å²) in [5.41, 5.74) is 3.22. The Hall–Kier alpha value is -2.29. The average Bonchev–Trinajstić information content (AvgIpc) is 3.35. The van der Waals surface area contributed by atoms with Crippen molar-refractivity contribution in [3.63, 3.8) is 0 Å². The van der Waals surface area contributed by atoms with Crippen LogP contribution in [0.5, 0.6) is 0 Å². The number of hydrogen-bond acceptors (Lipinski definition) is 6. The molecule has 1 aliphatic heterocycles. The summed E-state index contributed by atoms with van der Waals surface area (Å²) >= 11 is 1.69. The molecule has 8 heteroatoms. The first-order valence-electron chi connectivity index (χ1n) is 10.9. The van der Waals surface area contributed by atoms with E-state index >= 15 is 0 Å². The van der Waals surface area contributed by atoms with Crippen molar-refractivity contribution < 1.29 is 14.3 Å². The Kier molecular flexibility index (Phi) is 7.69. The summed E-state index contributed by atoms with van der Waals surface area (Å²) in [5, 5.41) is 1.06. The molecule has 1 fully saturated rings. The zero-order valence-electron chi connectivity index (χ0n) is 20.1. The Balaban J connectivity index is 1.71. The van der Waals surface area contributed by atoms with E-state index in [4.69, 9.17) is 4.74 Å². The predicted molar refractivity (Wildman–Crippen MR) is 128 cm³/mol. The topological polar surface area (TPSA) is 66.0 Å². The molecule has 3 rings (SSSR count). The van der Waals surface area contributed by atoms with Crippen LogP contribution >= 0.6 is 11.3 Å². The molecule has 7 nitrogen and oxygen atoms in total. The lowest BCUT2D eigenvalue weighted by Crippen LogP contribution is -2.51. The van der Waals surface area contributed by atoms with E-state index in [1.807, 2.05) is 39.8 Å². The number of likely N-dealkylation sites (N-methyl/N-ethyl adjacent to an activating group) is 2. The van der Waals surface area contributed by atoms with Crippen molar-refractivity contribution in [2.45, 2.75) is 51.9 Å². The number of benzene rings is 1. The van der Waals surface area contributed by atoms with Gasteiger partial charge in [-0.2, -0.15) is 0 Å². The largest absolute Gasteiger partial charge is 0.380 e. The maximum Gasteiger partial charge on any atom is 0.245 e. The molecule has 32 heavy (non-hydrogen) atoms. The second kappa shape index (κ2) is 10.1. The molecule has 0 radical (unpaired) electrons. The lowest BCUT2D eigenvalue weighted by atomic mass is 10.1. The fourth-order valence-corrected chi connectivity index (χ4v) is 5.00. The van der Waals surface area contributed by atoms with Crippen LogP contribution in [0.1, 0.15) is 29.6 Å². The third-order valence-corrected chi connectivity index (χ3v) is 7.33. The monoisotopic (exact) mass is 458 g/mol. The number of carbonyl (C=O) groups excluding carboxylic acids is 2. The number of likely N-dealkylation sites (tertiary alicyclic amines) is 1. The molecule has 1 aromatic carbocycles. The first-order valence-corrected chi connectivity index (χ1v) is 11.7. The number of aromatic nitrogens is 1. The van der Waals surface area contributed by atoms with E-state index in [2.05, 4.69) is 29.2 Å². The number of nitrogens with zero attached hydrogens (tertiary/aromatic N) is 4. The van der Waals surface area contributed by atoms with Crippen LogP contribution in [0.3, 0.4) is 0 Å². The standard InChI is InChI=1S/C24H34N4O3S/c1-15-22(32-17(3)25-15)19-10-8-18(9-11-19)13-27(6)24(30)21-12-20(31-7)14-28(21)23(29)16(2)26(4)5/h8-11,16,20-21H,12-14H2,1-7H3/t16-,20+,21-/m0/s1. The van der Waals surface area contributed by atoms with Crippen LogP contribution in [0.4, 0.5) is 0 Å². The van der Waals surface area contributed by atoms with Gasteiger partial charge >= 0.3 is 0 Å². The molecule has 0 saturated carbocycles. The van der Waals surface area contributed by atoms with Gasteiger partial charge in [0.15, 0.2) is 0 Å². The summed E-state index contributed by atoms with van der Waals surface area (Å²) in [6.45, 7) is 6.83. The second-order valence-electron chi connectivity index (χ2n) is 8.78. The number of hydrogen-bond donors (Lipinski definition) is 0. The smallest absolute Gasteiger partial charge is 0.245 e. The van der Waals surface area contributed by atoms with Crippen LogP contribution in [-0.2, 0) is 20.9 Å². The molecule has 2 heterocycles. The summed E-state index contributed by atoms with van der Waals surface area (Å²) in [4.78, 5) is 37.3. The fraction of sp³-hybridized carbons (Fsp3) is 0.542. The molecule has 1 saturated heterocycles. The molecule has 2 amide bonds. The number of thiazole rings is 1. The van der Waals surface area contributed by atoms with Crippen LogP contribution in [0.15, 0.2) is 24.3 Å². The first-order chi connectivity index (χ1) is 15.1. The zero-order valence-corrected chi connectivity index (χ0v) is 20.9. The van der Waals surface area contributed by atoms with Gasteiger partial charge in [0.2, 0.25) is 11.8 Å². The quantitative estimate of drug-likeness (QED) is 0.638. The average molecular weight is 459 g/mol. The summed E-state index contributed by atoms with van der Waals surface area (Å²) in [6, 6.07) is 7.48. The van der Waals surface area contributed by atoms with Gasteiger partial charge in [-0.1, -0.05) is 24.3 Å². The van der Waals surface area contributed by atoms with Crippen LogP contribution in [0.25, 0.3) is 10.4 Å². The minimum Gasteiger partial charge on any atom is -0.380 e. The highest BCUT2D eigenvalue weighted by Gasteiger charge is 2.42. The Morgan fingerprint density at radius 2 is 1.88 bits per heavy atom. The maximum absolute atomic E-state index is 13.3. The van der Waals surface area contributed by atoms with Gasteiger partial charge < -0.3 is 14.5 Å². The minimum absolute atomic E-state index is 0.0409. The summed E-state index contributed by atoms with van der Waals surface area (Å²) in [7, 11) is 7.17. The lowest BCUT2D eigenvalue weighted by Gasteiger charge is -2.31. The minimum atomic E-state index is -0.498. The normalized spacial score (nSPS) is 19.4. The Morgan fingerprint density at radius 3 is 2.41 bits per heavy atom. The van der Waals surface area contributed by atoms with Crippen LogP contribution < -0.4 is 0 Å². The van der Waals surface area contributed by atoms with E-state index in [-0.39, 0.29) is 24.0 Å². The SMILES string of the molecule is CO[C@@H]1C[C@@H](C(=O)N(C)Cc2ccc(-c3sc(C)nc3C)cc2)N(C(=O)[C@H](C)N(C)C)C1. The number of rotatable bonds is 7. The van der Waals surface area contributed by atoms with E-state index < -0.39 is 6.04 Å². The van der Waals surface area contributed by atoms with Crippen LogP contribution in [0, 0.1) is 13.8 Å². The fourth-order valence-electron chi connectivity index (χ4n) is 4.07. The zero-order chi connectivity index (χ0) is 23.6. The maximum atomic E-state index is 13.3. The Morgan fingerprint density at radius 1 is 1.22 bits per heavy atom. The number of aryl methyl sites for hydroxylation is 2. The molecule has 3 atom stereocenters. The predicted octanol–water partition coefficient (Wildman–Crippen LogP) is 2.95. The van der Waals surface area contributed by atoms with Gasteiger partial charge in [-0.05, 0) is 46.0 Å². The van der Waals surface area contributed by atoms with Crippen molar-refractivity contribution in [1.82, 2.24) is 19.7 Å². The van der Waals surface area contributed by atoms with Crippen molar-refractivity contribution >= 4 is 23.2 Å². The molecule has 1 aliphatic rings.